The largest absolute Gasteiger partial charge is 0.301 e. The summed E-state index contributed by atoms with van der Waals surface area (Å²) in [6.07, 6.45) is 4.51. The van der Waals surface area contributed by atoms with Crippen LogP contribution in [0, 0.1) is 11.8 Å². The van der Waals surface area contributed by atoms with Crippen molar-refractivity contribution in [3.63, 3.8) is 0 Å². The molecular formula is C21H27N5O2S3. The van der Waals surface area contributed by atoms with Gasteiger partial charge in [0.15, 0.2) is 5.16 Å². The van der Waals surface area contributed by atoms with Gasteiger partial charge >= 0.3 is 0 Å². The summed E-state index contributed by atoms with van der Waals surface area (Å²) in [5.41, 5.74) is 1.07. The smallest absolute Gasteiger partial charge is 0.260 e. The number of nitrogens with one attached hydrogen (secondary N) is 2. The van der Waals surface area contributed by atoms with E-state index in [4.69, 9.17) is 4.98 Å². The molecule has 1 aliphatic carbocycles. The third-order valence-electron chi connectivity index (χ3n) is 5.34. The van der Waals surface area contributed by atoms with E-state index in [2.05, 4.69) is 41.3 Å². The second-order valence-electron chi connectivity index (χ2n) is 8.51. The highest BCUT2D eigenvalue weighted by Crippen LogP contribution is 2.36. The van der Waals surface area contributed by atoms with Crippen LogP contribution in [0.5, 0.6) is 0 Å². The molecule has 0 aromatic carbocycles. The van der Waals surface area contributed by atoms with Gasteiger partial charge in [0.05, 0.1) is 10.6 Å². The van der Waals surface area contributed by atoms with E-state index >= 15 is 0 Å². The Morgan fingerprint density at radius 3 is 2.87 bits per heavy atom. The number of thioether (sulfide) groups is 1. The fourth-order valence-electron chi connectivity index (χ4n) is 3.76. The fourth-order valence-corrected chi connectivity index (χ4v) is 7.06. The Bertz CT molecular complexity index is 1150. The first-order valence-electron chi connectivity index (χ1n) is 10.7. The minimum Gasteiger partial charge on any atom is -0.301 e. The second-order valence-corrected chi connectivity index (χ2v) is 11.8. The molecule has 1 aliphatic rings. The van der Waals surface area contributed by atoms with Gasteiger partial charge in [-0.3, -0.25) is 14.9 Å². The van der Waals surface area contributed by atoms with Crippen LogP contribution in [-0.4, -0.2) is 31.3 Å². The SMILES string of the molecule is CCC(Sc1nc2sc3c(c2c(=O)[nH]1)CCC(C)C3)C(=O)Nc1nnc(CC(C)C)s1. The average Bonchev–Trinajstić information content (AvgIpc) is 3.28. The summed E-state index contributed by atoms with van der Waals surface area (Å²) in [7, 11) is 0. The van der Waals surface area contributed by atoms with Crippen LogP contribution in [0.4, 0.5) is 5.13 Å². The number of aryl methyl sites for hydroxylation is 1. The highest BCUT2D eigenvalue weighted by Gasteiger charge is 2.25. The summed E-state index contributed by atoms with van der Waals surface area (Å²) < 4.78 is 0. The topological polar surface area (TPSA) is 101 Å². The normalized spacial score (nSPS) is 17.1. The number of nitrogens with zero attached hydrogens (tertiary/aromatic N) is 3. The Hall–Kier alpha value is -1.78. The molecule has 0 aliphatic heterocycles. The Balaban J connectivity index is 1.50. The molecule has 4 rings (SSSR count). The number of H-pyrrole nitrogens is 1. The molecule has 2 atom stereocenters. The predicted octanol–water partition coefficient (Wildman–Crippen LogP) is 4.67. The number of carbonyl (C=O) groups excluding carboxylic acids is 1. The molecule has 166 valence electrons. The van der Waals surface area contributed by atoms with Crippen LogP contribution in [0.15, 0.2) is 9.95 Å². The van der Waals surface area contributed by atoms with Crippen LogP contribution in [0.3, 0.4) is 0 Å². The Labute approximate surface area is 193 Å². The molecule has 10 heteroatoms. The molecule has 3 aromatic heterocycles. The molecule has 0 bridgehead atoms. The molecule has 0 saturated heterocycles. The quantitative estimate of drug-likeness (QED) is 0.379. The first-order valence-corrected chi connectivity index (χ1v) is 13.2. The van der Waals surface area contributed by atoms with Crippen molar-refractivity contribution in [1.29, 1.82) is 0 Å². The number of thiophene rings is 1. The maximum absolute atomic E-state index is 12.8. The number of hydrogen-bond acceptors (Lipinski definition) is 8. The number of anilines is 1. The number of aromatic amines is 1. The molecule has 0 spiro atoms. The Morgan fingerprint density at radius 2 is 2.13 bits per heavy atom. The minimum atomic E-state index is -0.382. The monoisotopic (exact) mass is 477 g/mol. The zero-order valence-corrected chi connectivity index (χ0v) is 20.6. The number of rotatable bonds is 7. The highest BCUT2D eigenvalue weighted by molar-refractivity contribution is 8.00. The highest BCUT2D eigenvalue weighted by atomic mass is 32.2. The lowest BCUT2D eigenvalue weighted by Gasteiger charge is -2.17. The molecule has 7 nitrogen and oxygen atoms in total. The van der Waals surface area contributed by atoms with Crippen LogP contribution in [0.25, 0.3) is 10.2 Å². The van der Waals surface area contributed by atoms with Gasteiger partial charge in [-0.2, -0.15) is 0 Å². The van der Waals surface area contributed by atoms with E-state index in [9.17, 15) is 9.59 Å². The van der Waals surface area contributed by atoms with Gasteiger partial charge in [-0.25, -0.2) is 4.98 Å². The maximum Gasteiger partial charge on any atom is 0.260 e. The van der Waals surface area contributed by atoms with Crippen LogP contribution >= 0.6 is 34.4 Å². The zero-order chi connectivity index (χ0) is 22.1. The van der Waals surface area contributed by atoms with E-state index in [1.807, 2.05) is 6.92 Å². The van der Waals surface area contributed by atoms with Gasteiger partial charge in [0, 0.05) is 11.3 Å². The van der Waals surface area contributed by atoms with Crippen molar-refractivity contribution < 1.29 is 4.79 Å². The van der Waals surface area contributed by atoms with E-state index in [1.165, 1.54) is 33.5 Å². The van der Waals surface area contributed by atoms with Crippen LogP contribution in [0.2, 0.25) is 0 Å². The van der Waals surface area contributed by atoms with Crippen molar-refractivity contribution in [1.82, 2.24) is 20.2 Å². The van der Waals surface area contributed by atoms with Gasteiger partial charge in [-0.1, -0.05) is 50.8 Å². The van der Waals surface area contributed by atoms with E-state index in [1.54, 1.807) is 11.3 Å². The Morgan fingerprint density at radius 1 is 1.32 bits per heavy atom. The molecule has 3 aromatic rings. The van der Waals surface area contributed by atoms with Crippen LogP contribution < -0.4 is 10.9 Å². The van der Waals surface area contributed by atoms with Crippen molar-refractivity contribution in [3.05, 3.63) is 25.8 Å². The van der Waals surface area contributed by atoms with Crippen molar-refractivity contribution >= 4 is 55.7 Å². The van der Waals surface area contributed by atoms with Crippen LogP contribution in [-0.2, 0) is 24.1 Å². The van der Waals surface area contributed by atoms with Gasteiger partial charge in [0.25, 0.3) is 5.56 Å². The molecule has 2 N–H and O–H groups in total. The van der Waals surface area contributed by atoms with Crippen molar-refractivity contribution in [2.24, 2.45) is 11.8 Å². The van der Waals surface area contributed by atoms with Gasteiger partial charge < -0.3 is 4.98 Å². The molecule has 3 heterocycles. The molecular weight excluding hydrogens is 450 g/mol. The zero-order valence-electron chi connectivity index (χ0n) is 18.2. The van der Waals surface area contributed by atoms with Crippen molar-refractivity contribution in [2.75, 3.05) is 5.32 Å². The van der Waals surface area contributed by atoms with E-state index < -0.39 is 0 Å². The summed E-state index contributed by atoms with van der Waals surface area (Å²) in [6, 6.07) is 0. The molecule has 0 fully saturated rings. The van der Waals surface area contributed by atoms with E-state index in [-0.39, 0.29) is 16.7 Å². The fraction of sp³-hybridized carbons (Fsp3) is 0.571. The number of fused-ring (bicyclic) bond motifs is 3. The van der Waals surface area contributed by atoms with Gasteiger partial charge in [0.2, 0.25) is 11.0 Å². The van der Waals surface area contributed by atoms with Crippen LogP contribution in [0.1, 0.15) is 56.0 Å². The Kier molecular flexibility index (Phi) is 6.78. The lowest BCUT2D eigenvalue weighted by molar-refractivity contribution is -0.115. The molecule has 1 amide bonds. The summed E-state index contributed by atoms with van der Waals surface area (Å²) in [4.78, 5) is 35.3. The van der Waals surface area contributed by atoms with E-state index in [0.29, 0.717) is 28.5 Å². The third kappa shape index (κ3) is 5.01. The number of aromatic nitrogens is 4. The maximum atomic E-state index is 12.8. The second kappa shape index (κ2) is 9.38. The summed E-state index contributed by atoms with van der Waals surface area (Å²) in [5, 5.41) is 13.4. The minimum absolute atomic E-state index is 0.0998. The number of hydrogen-bond donors (Lipinski definition) is 2. The van der Waals surface area contributed by atoms with Gasteiger partial charge in [-0.05, 0) is 43.1 Å². The summed E-state index contributed by atoms with van der Waals surface area (Å²) in [6.45, 7) is 8.45. The lowest BCUT2D eigenvalue weighted by atomic mass is 9.89. The molecule has 0 saturated carbocycles. The van der Waals surface area contributed by atoms with Gasteiger partial charge in [-0.15, -0.1) is 21.5 Å². The molecule has 31 heavy (non-hydrogen) atoms. The number of carbonyl (C=O) groups is 1. The lowest BCUT2D eigenvalue weighted by Crippen LogP contribution is -2.25. The number of amides is 1. The third-order valence-corrected chi connectivity index (χ3v) is 8.60. The van der Waals surface area contributed by atoms with Crippen molar-refractivity contribution in [3.8, 4) is 0 Å². The average molecular weight is 478 g/mol. The summed E-state index contributed by atoms with van der Waals surface area (Å²) in [5.74, 6) is 0.976. The molecule has 0 radical (unpaired) electrons. The summed E-state index contributed by atoms with van der Waals surface area (Å²) >= 11 is 4.33. The predicted molar refractivity (Wildman–Crippen MR) is 128 cm³/mol. The van der Waals surface area contributed by atoms with Gasteiger partial charge in [0.1, 0.15) is 9.84 Å². The van der Waals surface area contributed by atoms with Crippen molar-refractivity contribution in [2.45, 2.75) is 70.2 Å². The first kappa shape index (κ1) is 22.4. The standard InChI is InChI=1S/C21H27N5O2S3/c1-5-13(17(27)22-21-26-25-15(31-21)8-10(2)3)30-20-23-18(28)16-12-7-6-11(4)9-14(12)29-19(16)24-20/h10-11,13H,5-9H2,1-4H3,(H,22,26,27)(H,23,24,28). The molecule has 2 unspecified atom stereocenters. The van der Waals surface area contributed by atoms with E-state index in [0.717, 1.165) is 40.9 Å². The first-order chi connectivity index (χ1) is 14.8.